The van der Waals surface area contributed by atoms with Crippen molar-refractivity contribution < 1.29 is 4.79 Å². The van der Waals surface area contributed by atoms with E-state index in [0.717, 1.165) is 24.8 Å². The minimum Gasteiger partial charge on any atom is -0.348 e. The molecule has 0 aliphatic heterocycles. The second-order valence-corrected chi connectivity index (χ2v) is 5.20. The van der Waals surface area contributed by atoms with Crippen LogP contribution in [-0.4, -0.2) is 10.4 Å². The van der Waals surface area contributed by atoms with Crippen LogP contribution >= 0.6 is 0 Å². The molecular weight excluding hydrogens is 210 g/mol. The van der Waals surface area contributed by atoms with Gasteiger partial charge in [0, 0.05) is 29.9 Å². The summed E-state index contributed by atoms with van der Waals surface area (Å²) in [6, 6.07) is 2.56. The zero-order chi connectivity index (χ0) is 12.3. The number of aromatic nitrogens is 1. The zero-order valence-electron chi connectivity index (χ0n) is 11.0. The first-order valence-corrected chi connectivity index (χ1v) is 6.97. The van der Waals surface area contributed by atoms with E-state index < -0.39 is 0 Å². The number of carbonyl (C=O) groups excluding carboxylic acids is 1. The molecule has 2 heteroatoms. The summed E-state index contributed by atoms with van der Waals surface area (Å²) < 4.78 is 2.34. The van der Waals surface area contributed by atoms with Crippen LogP contribution < -0.4 is 0 Å². The molecule has 0 saturated carbocycles. The van der Waals surface area contributed by atoms with Crippen LogP contribution in [0.3, 0.4) is 0 Å². The van der Waals surface area contributed by atoms with Crippen LogP contribution in [0.15, 0.2) is 12.3 Å². The maximum Gasteiger partial charge on any atom is 0.164 e. The van der Waals surface area contributed by atoms with Crippen LogP contribution in [0.4, 0.5) is 0 Å². The molecule has 0 amide bonds. The third kappa shape index (κ3) is 2.62. The molecule has 17 heavy (non-hydrogen) atoms. The first-order valence-electron chi connectivity index (χ1n) is 6.97. The first kappa shape index (κ1) is 12.4. The molecule has 0 N–H and O–H groups in total. The Morgan fingerprint density at radius 3 is 2.94 bits per heavy atom. The van der Waals surface area contributed by atoms with Gasteiger partial charge in [0.15, 0.2) is 5.78 Å². The summed E-state index contributed by atoms with van der Waals surface area (Å²) in [5, 5.41) is 0. The number of fused-ring (bicyclic) bond motifs is 1. The van der Waals surface area contributed by atoms with E-state index in [0.29, 0.717) is 11.8 Å². The third-order valence-electron chi connectivity index (χ3n) is 3.84. The fourth-order valence-electron chi connectivity index (χ4n) is 2.79. The maximum absolute atomic E-state index is 11.8. The van der Waals surface area contributed by atoms with Crippen LogP contribution in [0.2, 0.25) is 0 Å². The van der Waals surface area contributed by atoms with Crippen molar-refractivity contribution in [1.29, 1.82) is 0 Å². The highest BCUT2D eigenvalue weighted by atomic mass is 16.1. The van der Waals surface area contributed by atoms with Crippen LogP contribution in [0, 0.1) is 0 Å². The van der Waals surface area contributed by atoms with Gasteiger partial charge in [0.1, 0.15) is 0 Å². The fourth-order valence-corrected chi connectivity index (χ4v) is 2.79. The predicted octanol–water partition coefficient (Wildman–Crippen LogP) is 4.15. The van der Waals surface area contributed by atoms with Gasteiger partial charge in [-0.2, -0.15) is 0 Å². The molecule has 1 aromatic heterocycles. The average Bonchev–Trinajstić information content (AvgIpc) is 2.74. The Morgan fingerprint density at radius 1 is 1.35 bits per heavy atom. The molecule has 0 radical (unpaired) electrons. The average molecular weight is 233 g/mol. The fraction of sp³-hybridized carbons (Fsp3) is 0.667. The van der Waals surface area contributed by atoms with Gasteiger partial charge in [0.05, 0.1) is 0 Å². The Balaban J connectivity index is 2.08. The Hall–Kier alpha value is -1.05. The number of unbranched alkanes of at least 4 members (excludes halogenated alkanes) is 2. The van der Waals surface area contributed by atoms with Gasteiger partial charge in [-0.15, -0.1) is 0 Å². The molecule has 0 saturated heterocycles. The number of hydrogen-bond acceptors (Lipinski definition) is 1. The van der Waals surface area contributed by atoms with Crippen LogP contribution in [0.1, 0.15) is 74.5 Å². The number of Topliss-reactive ketones (excluding diaryl/α,β-unsaturated/α-hetero) is 1. The van der Waals surface area contributed by atoms with Crippen molar-refractivity contribution in [3.05, 3.63) is 23.5 Å². The Kier molecular flexibility index (Phi) is 4.03. The topological polar surface area (TPSA) is 22.0 Å². The lowest BCUT2D eigenvalue weighted by Gasteiger charge is -2.20. The quantitative estimate of drug-likeness (QED) is 0.700. The number of hydrogen-bond donors (Lipinski definition) is 0. The zero-order valence-corrected chi connectivity index (χ0v) is 11.0. The molecule has 0 aromatic carbocycles. The molecule has 0 spiro atoms. The Bertz CT molecular complexity index is 392. The number of carbonyl (C=O) groups is 1. The van der Waals surface area contributed by atoms with E-state index in [9.17, 15) is 4.79 Å². The molecule has 1 atom stereocenters. The second kappa shape index (κ2) is 5.52. The van der Waals surface area contributed by atoms with Gasteiger partial charge in [0.2, 0.25) is 0 Å². The summed E-state index contributed by atoms with van der Waals surface area (Å²) >= 11 is 0. The summed E-state index contributed by atoms with van der Waals surface area (Å²) in [5.74, 6) is 0.339. The summed E-state index contributed by atoms with van der Waals surface area (Å²) in [7, 11) is 0. The van der Waals surface area contributed by atoms with Gasteiger partial charge in [-0.25, -0.2) is 0 Å². The van der Waals surface area contributed by atoms with E-state index in [2.05, 4.69) is 24.6 Å². The second-order valence-electron chi connectivity index (χ2n) is 5.20. The number of nitrogens with zero attached hydrogens (tertiary/aromatic N) is 1. The maximum atomic E-state index is 11.8. The highest BCUT2D eigenvalue weighted by Crippen LogP contribution is 2.27. The van der Waals surface area contributed by atoms with Gasteiger partial charge in [-0.05, 0) is 32.3 Å². The van der Waals surface area contributed by atoms with Crippen molar-refractivity contribution in [3.63, 3.8) is 0 Å². The van der Waals surface area contributed by atoms with E-state index in [1.807, 2.05) is 6.07 Å². The van der Waals surface area contributed by atoms with Gasteiger partial charge < -0.3 is 4.57 Å². The normalized spacial score (nSPS) is 16.9. The van der Waals surface area contributed by atoms with E-state index in [1.165, 1.54) is 31.4 Å². The Labute approximate surface area is 104 Å². The molecule has 0 fully saturated rings. The molecule has 2 nitrogen and oxygen atoms in total. The van der Waals surface area contributed by atoms with Crippen molar-refractivity contribution in [2.24, 2.45) is 0 Å². The molecule has 0 bridgehead atoms. The van der Waals surface area contributed by atoms with Crippen molar-refractivity contribution >= 4 is 5.78 Å². The molecule has 1 aliphatic carbocycles. The summed E-state index contributed by atoms with van der Waals surface area (Å²) in [6.45, 7) is 4.51. The molecule has 1 aliphatic rings. The van der Waals surface area contributed by atoms with Crippen molar-refractivity contribution in [2.75, 3.05) is 0 Å². The van der Waals surface area contributed by atoms with E-state index in [4.69, 9.17) is 0 Å². The summed E-state index contributed by atoms with van der Waals surface area (Å²) in [6.07, 6.45) is 10.1. The van der Waals surface area contributed by atoms with Crippen molar-refractivity contribution in [3.8, 4) is 0 Å². The molecular formula is C15H23NO. The summed E-state index contributed by atoms with van der Waals surface area (Å²) in [5.41, 5.74) is 2.27. The number of ketones is 1. The monoisotopic (exact) mass is 233 g/mol. The summed E-state index contributed by atoms with van der Waals surface area (Å²) in [4.78, 5) is 11.8. The van der Waals surface area contributed by atoms with Gasteiger partial charge in [-0.1, -0.05) is 26.2 Å². The highest BCUT2D eigenvalue weighted by Gasteiger charge is 2.21. The lowest BCUT2D eigenvalue weighted by Crippen LogP contribution is -2.15. The molecule has 2 rings (SSSR count). The van der Waals surface area contributed by atoms with E-state index >= 15 is 0 Å². The largest absolute Gasteiger partial charge is 0.348 e. The van der Waals surface area contributed by atoms with E-state index in [-0.39, 0.29) is 0 Å². The first-order chi connectivity index (χ1) is 8.24. The molecule has 94 valence electrons. The van der Waals surface area contributed by atoms with Crippen molar-refractivity contribution in [1.82, 2.24) is 4.57 Å². The highest BCUT2D eigenvalue weighted by molar-refractivity contribution is 5.98. The van der Waals surface area contributed by atoms with Crippen LogP contribution in [-0.2, 0) is 6.42 Å². The predicted molar refractivity (Wildman–Crippen MR) is 70.6 cm³/mol. The number of rotatable bonds is 5. The van der Waals surface area contributed by atoms with Crippen LogP contribution in [0.5, 0.6) is 0 Å². The minimum absolute atomic E-state index is 0.339. The lowest BCUT2D eigenvalue weighted by atomic mass is 9.96. The molecule has 1 heterocycles. The van der Waals surface area contributed by atoms with Gasteiger partial charge >= 0.3 is 0 Å². The smallest absolute Gasteiger partial charge is 0.164 e. The minimum atomic E-state index is 0.339. The SMILES string of the molecule is CCCCCC(C)n1ccc2c1CCCC2=O. The molecule has 1 unspecified atom stereocenters. The molecule has 1 aromatic rings. The Morgan fingerprint density at radius 2 is 2.18 bits per heavy atom. The lowest BCUT2D eigenvalue weighted by molar-refractivity contribution is 0.0971. The van der Waals surface area contributed by atoms with Gasteiger partial charge in [0.25, 0.3) is 0 Å². The van der Waals surface area contributed by atoms with Crippen LogP contribution in [0.25, 0.3) is 0 Å². The third-order valence-corrected chi connectivity index (χ3v) is 3.84. The standard InChI is InChI=1S/C15H23NO/c1-3-4-5-7-12(2)16-11-10-13-14(16)8-6-9-15(13)17/h10-12H,3-9H2,1-2H3. The van der Waals surface area contributed by atoms with Gasteiger partial charge in [-0.3, -0.25) is 4.79 Å². The van der Waals surface area contributed by atoms with E-state index in [1.54, 1.807) is 0 Å². The van der Waals surface area contributed by atoms with Crippen molar-refractivity contribution in [2.45, 2.75) is 64.8 Å².